The zero-order chi connectivity index (χ0) is 15.4. The van der Waals surface area contributed by atoms with Crippen LogP contribution in [0.3, 0.4) is 0 Å². The van der Waals surface area contributed by atoms with E-state index in [1.54, 1.807) is 31.0 Å². The molecule has 0 fully saturated rings. The molecule has 0 aliphatic heterocycles. The number of carbonyl (C=O) groups is 1. The van der Waals surface area contributed by atoms with Gasteiger partial charge in [-0.25, -0.2) is 13.8 Å². The number of aryl methyl sites for hydroxylation is 1. The van der Waals surface area contributed by atoms with Gasteiger partial charge in [-0.15, -0.1) is 0 Å². The Morgan fingerprint density at radius 2 is 2.19 bits per heavy atom. The van der Waals surface area contributed by atoms with Crippen molar-refractivity contribution in [2.75, 3.05) is 18.6 Å². The summed E-state index contributed by atoms with van der Waals surface area (Å²) in [6, 6.07) is 4.51. The number of hydrogen-bond acceptors (Lipinski definition) is 4. The number of carbonyl (C=O) groups excluding carboxylic acids is 1. The lowest BCUT2D eigenvalue weighted by Gasteiger charge is -2.17. The van der Waals surface area contributed by atoms with Crippen molar-refractivity contribution in [3.8, 4) is 5.88 Å². The van der Waals surface area contributed by atoms with E-state index in [4.69, 9.17) is 4.74 Å². The van der Waals surface area contributed by atoms with E-state index < -0.39 is 13.0 Å². The lowest BCUT2D eigenvalue weighted by molar-refractivity contribution is 0.0795. The summed E-state index contributed by atoms with van der Waals surface area (Å²) < 4.78 is 30.6. The third-order valence-electron chi connectivity index (χ3n) is 2.78. The van der Waals surface area contributed by atoms with Crippen LogP contribution in [-0.4, -0.2) is 40.8 Å². The first-order valence-corrected chi connectivity index (χ1v) is 6.12. The minimum Gasteiger partial charge on any atom is -0.472 e. The van der Waals surface area contributed by atoms with Crippen molar-refractivity contribution in [2.45, 2.75) is 6.43 Å². The predicted octanol–water partition coefficient (Wildman–Crippen LogP) is 1.74. The average Bonchev–Trinajstić information content (AvgIpc) is 2.90. The number of amides is 1. The van der Waals surface area contributed by atoms with E-state index in [2.05, 4.69) is 10.1 Å². The molecule has 2 rings (SSSR count). The second-order valence-corrected chi connectivity index (χ2v) is 4.26. The summed E-state index contributed by atoms with van der Waals surface area (Å²) in [4.78, 5) is 17.5. The van der Waals surface area contributed by atoms with Gasteiger partial charge in [0.15, 0.2) is 6.61 Å². The molecule has 6 nitrogen and oxygen atoms in total. The molecule has 8 heteroatoms. The van der Waals surface area contributed by atoms with Gasteiger partial charge in [0.05, 0.1) is 6.20 Å². The quantitative estimate of drug-likeness (QED) is 0.843. The number of nitrogens with zero attached hydrogens (tertiary/aromatic N) is 4. The molecule has 0 aliphatic carbocycles. The summed E-state index contributed by atoms with van der Waals surface area (Å²) >= 11 is 0. The monoisotopic (exact) mass is 296 g/mol. The van der Waals surface area contributed by atoms with Gasteiger partial charge in [-0.05, 0) is 6.07 Å². The van der Waals surface area contributed by atoms with Crippen LogP contribution in [-0.2, 0) is 7.05 Å². The molecule has 21 heavy (non-hydrogen) atoms. The van der Waals surface area contributed by atoms with Gasteiger partial charge in [-0.2, -0.15) is 5.10 Å². The van der Waals surface area contributed by atoms with E-state index in [-0.39, 0.29) is 17.4 Å². The number of aromatic nitrogens is 3. The van der Waals surface area contributed by atoms with Gasteiger partial charge in [0.2, 0.25) is 5.88 Å². The van der Waals surface area contributed by atoms with Gasteiger partial charge >= 0.3 is 0 Å². The Hall–Kier alpha value is -2.51. The zero-order valence-corrected chi connectivity index (χ0v) is 11.5. The van der Waals surface area contributed by atoms with Crippen molar-refractivity contribution in [2.24, 2.45) is 7.05 Å². The Bertz CT molecular complexity index is 630. The largest absolute Gasteiger partial charge is 0.472 e. The molecule has 112 valence electrons. The highest BCUT2D eigenvalue weighted by Crippen LogP contribution is 2.16. The molecule has 0 saturated carbocycles. The summed E-state index contributed by atoms with van der Waals surface area (Å²) in [5, 5.41) is 3.98. The number of anilines is 1. The van der Waals surface area contributed by atoms with Gasteiger partial charge < -0.3 is 4.74 Å². The second kappa shape index (κ2) is 6.29. The van der Waals surface area contributed by atoms with Crippen LogP contribution in [0.2, 0.25) is 0 Å². The van der Waals surface area contributed by atoms with E-state index in [1.807, 2.05) is 0 Å². The number of pyridine rings is 1. The Kier molecular flexibility index (Phi) is 4.46. The molecule has 0 bridgehead atoms. The third-order valence-corrected chi connectivity index (χ3v) is 2.78. The van der Waals surface area contributed by atoms with E-state index in [9.17, 15) is 13.6 Å². The molecule has 0 spiro atoms. The summed E-state index contributed by atoms with van der Waals surface area (Å²) in [5.74, 6) is 0.273. The minimum atomic E-state index is -2.59. The average molecular weight is 296 g/mol. The smallest absolute Gasteiger partial charge is 0.272 e. The molecule has 2 heterocycles. The predicted molar refractivity (Wildman–Crippen MR) is 71.7 cm³/mol. The van der Waals surface area contributed by atoms with Crippen LogP contribution in [0.4, 0.5) is 14.6 Å². The molecular weight excluding hydrogens is 282 g/mol. The molecule has 0 atom stereocenters. The van der Waals surface area contributed by atoms with Crippen molar-refractivity contribution < 1.29 is 18.3 Å². The first-order chi connectivity index (χ1) is 9.99. The van der Waals surface area contributed by atoms with Crippen LogP contribution in [0.25, 0.3) is 0 Å². The van der Waals surface area contributed by atoms with Gasteiger partial charge in [0.25, 0.3) is 12.3 Å². The highest BCUT2D eigenvalue weighted by molar-refractivity contribution is 6.05. The minimum absolute atomic E-state index is 0.0143. The van der Waals surface area contributed by atoms with E-state index >= 15 is 0 Å². The zero-order valence-electron chi connectivity index (χ0n) is 11.5. The summed E-state index contributed by atoms with van der Waals surface area (Å²) in [6.45, 7) is -0.762. The first-order valence-electron chi connectivity index (χ1n) is 6.12. The van der Waals surface area contributed by atoms with Crippen molar-refractivity contribution >= 4 is 11.7 Å². The van der Waals surface area contributed by atoms with Crippen LogP contribution in [0.1, 0.15) is 10.4 Å². The van der Waals surface area contributed by atoms with Crippen molar-refractivity contribution in [3.05, 3.63) is 36.2 Å². The first kappa shape index (κ1) is 14.9. The molecule has 2 aromatic heterocycles. The van der Waals surface area contributed by atoms with E-state index in [1.165, 1.54) is 23.2 Å². The van der Waals surface area contributed by atoms with Gasteiger partial charge in [-0.3, -0.25) is 14.4 Å². The normalized spacial score (nSPS) is 10.7. The van der Waals surface area contributed by atoms with Crippen LogP contribution < -0.4 is 9.64 Å². The lowest BCUT2D eigenvalue weighted by atomic mass is 10.2. The second-order valence-electron chi connectivity index (χ2n) is 4.26. The van der Waals surface area contributed by atoms with Crippen LogP contribution in [0, 0.1) is 0 Å². The topological polar surface area (TPSA) is 60.3 Å². The highest BCUT2D eigenvalue weighted by atomic mass is 19.3. The Balaban J connectivity index is 2.16. The molecule has 0 radical (unpaired) electrons. The lowest BCUT2D eigenvalue weighted by Crippen LogP contribution is -2.28. The maximum absolute atomic E-state index is 12.3. The number of hydrogen-bond donors (Lipinski definition) is 0. The highest BCUT2D eigenvalue weighted by Gasteiger charge is 2.17. The molecule has 0 saturated heterocycles. The number of rotatable bonds is 5. The maximum Gasteiger partial charge on any atom is 0.272 e. The maximum atomic E-state index is 12.3. The Morgan fingerprint density at radius 1 is 1.43 bits per heavy atom. The fourth-order valence-electron chi connectivity index (χ4n) is 1.76. The number of ether oxygens (including phenoxy) is 1. The Labute approximate surface area is 120 Å². The van der Waals surface area contributed by atoms with E-state index in [0.717, 1.165) is 0 Å². The number of halogens is 2. The summed E-state index contributed by atoms with van der Waals surface area (Å²) in [7, 11) is 3.31. The molecule has 0 aromatic carbocycles. The van der Waals surface area contributed by atoms with Crippen LogP contribution in [0.5, 0.6) is 5.88 Å². The molecule has 0 aliphatic rings. The Morgan fingerprint density at radius 3 is 2.81 bits per heavy atom. The molecule has 0 unspecified atom stereocenters. The van der Waals surface area contributed by atoms with Crippen molar-refractivity contribution in [1.82, 2.24) is 14.8 Å². The fourth-order valence-corrected chi connectivity index (χ4v) is 1.76. The van der Waals surface area contributed by atoms with Gasteiger partial charge in [0.1, 0.15) is 5.82 Å². The third kappa shape index (κ3) is 3.53. The summed E-state index contributed by atoms with van der Waals surface area (Å²) in [5.41, 5.74) is 0.290. The molecule has 1 amide bonds. The van der Waals surface area contributed by atoms with Crippen LogP contribution in [0.15, 0.2) is 30.6 Å². The molecule has 2 aromatic rings. The number of alkyl halides is 2. The van der Waals surface area contributed by atoms with Crippen molar-refractivity contribution in [3.63, 3.8) is 0 Å². The standard InChI is InChI=1S/C13H14F2N4O2/c1-18(12-4-6-17-19(12)2)13(20)9-3-5-16-11(7-9)21-8-10(14)15/h3-7,10H,8H2,1-2H3. The van der Waals surface area contributed by atoms with Crippen molar-refractivity contribution in [1.29, 1.82) is 0 Å². The fraction of sp³-hybridized carbons (Fsp3) is 0.308. The van der Waals surface area contributed by atoms with Crippen LogP contribution >= 0.6 is 0 Å². The molecule has 0 N–H and O–H groups in total. The summed E-state index contributed by atoms with van der Waals surface area (Å²) in [6.07, 6.45) is 0.316. The van der Waals surface area contributed by atoms with Gasteiger partial charge in [-0.1, -0.05) is 0 Å². The SMILES string of the molecule is CN(C(=O)c1ccnc(OCC(F)F)c1)c1ccnn1C. The van der Waals surface area contributed by atoms with E-state index in [0.29, 0.717) is 5.82 Å². The van der Waals surface area contributed by atoms with Gasteiger partial charge in [0, 0.05) is 38.0 Å². The molecular formula is C13H14F2N4O2.